The van der Waals surface area contributed by atoms with E-state index in [4.69, 9.17) is 0 Å². The maximum atomic E-state index is 13.2. The third-order valence-corrected chi connectivity index (χ3v) is 5.58. The molecule has 0 radical (unpaired) electrons. The van der Waals surface area contributed by atoms with Gasteiger partial charge >= 0.3 is 0 Å². The SMILES string of the molecule is O=C([C@H]1C[C@H]1F)N1CC2(CO)CC(c3ccc(F)cc3)(C1)C2. The van der Waals surface area contributed by atoms with E-state index >= 15 is 0 Å². The molecule has 0 spiro atoms. The van der Waals surface area contributed by atoms with Gasteiger partial charge in [0.1, 0.15) is 12.0 Å². The molecule has 1 N–H and O–H groups in total. The minimum Gasteiger partial charge on any atom is -0.396 e. The number of fused-ring (bicyclic) bond motifs is 2. The fourth-order valence-corrected chi connectivity index (χ4v) is 4.50. The number of carbonyl (C=O) groups excluding carboxylic acids is 1. The van der Waals surface area contributed by atoms with Crippen molar-refractivity contribution in [2.24, 2.45) is 11.3 Å². The van der Waals surface area contributed by atoms with Crippen LogP contribution in [0.15, 0.2) is 24.3 Å². The summed E-state index contributed by atoms with van der Waals surface area (Å²) in [5.74, 6) is -0.899. The van der Waals surface area contributed by atoms with Crippen molar-refractivity contribution in [1.29, 1.82) is 0 Å². The molecule has 1 aromatic carbocycles. The second-order valence-corrected chi connectivity index (χ2v) is 7.35. The molecule has 2 aliphatic carbocycles. The molecule has 4 fully saturated rings. The quantitative estimate of drug-likeness (QED) is 0.928. The van der Waals surface area contributed by atoms with Crippen molar-refractivity contribution >= 4 is 5.91 Å². The summed E-state index contributed by atoms with van der Waals surface area (Å²) in [7, 11) is 0. The van der Waals surface area contributed by atoms with E-state index in [0.717, 1.165) is 18.4 Å². The molecule has 2 aliphatic heterocycles. The van der Waals surface area contributed by atoms with Crippen LogP contribution >= 0.6 is 0 Å². The van der Waals surface area contributed by atoms with E-state index in [1.807, 2.05) is 0 Å². The average Bonchev–Trinajstić information content (AvgIpc) is 3.23. The largest absolute Gasteiger partial charge is 0.396 e. The number of carbonyl (C=O) groups is 1. The topological polar surface area (TPSA) is 40.5 Å². The molecule has 5 heteroatoms. The monoisotopic (exact) mass is 307 g/mol. The van der Waals surface area contributed by atoms with Crippen LogP contribution in [0.4, 0.5) is 8.78 Å². The molecule has 0 unspecified atom stereocenters. The van der Waals surface area contributed by atoms with Gasteiger partial charge in [0.05, 0.1) is 12.5 Å². The molecular formula is C17H19F2NO2. The highest BCUT2D eigenvalue weighted by Crippen LogP contribution is 2.60. The smallest absolute Gasteiger partial charge is 0.228 e. The number of aliphatic hydroxyl groups excluding tert-OH is 1. The van der Waals surface area contributed by atoms with Crippen molar-refractivity contribution in [3.63, 3.8) is 0 Å². The summed E-state index contributed by atoms with van der Waals surface area (Å²) >= 11 is 0. The summed E-state index contributed by atoms with van der Waals surface area (Å²) in [4.78, 5) is 14.1. The minimum absolute atomic E-state index is 0.0312. The molecule has 118 valence electrons. The molecular weight excluding hydrogens is 288 g/mol. The van der Waals surface area contributed by atoms with Crippen molar-refractivity contribution < 1.29 is 18.7 Å². The maximum absolute atomic E-state index is 13.2. The minimum atomic E-state index is -1.00. The maximum Gasteiger partial charge on any atom is 0.228 e. The standard InChI is InChI=1S/C17H19F2NO2/c18-12-3-1-11(2-4-12)17-6-16(7-17,10-21)8-20(9-17)15(22)13-5-14(13)19/h1-4,13-14,21H,5-10H2/t13-,14+,16?,17?/m0/s1. The number of amides is 1. The molecule has 22 heavy (non-hydrogen) atoms. The van der Waals surface area contributed by atoms with Crippen LogP contribution < -0.4 is 0 Å². The van der Waals surface area contributed by atoms with Gasteiger partial charge in [0.2, 0.25) is 5.91 Å². The molecule has 1 amide bonds. The number of rotatable bonds is 3. The predicted octanol–water partition coefficient (Wildman–Crippen LogP) is 2.04. The molecule has 4 aliphatic rings. The molecule has 2 saturated heterocycles. The van der Waals surface area contributed by atoms with E-state index < -0.39 is 12.1 Å². The van der Waals surface area contributed by atoms with Crippen LogP contribution in [0.2, 0.25) is 0 Å². The van der Waals surface area contributed by atoms with Gasteiger partial charge in [-0.1, -0.05) is 12.1 Å². The van der Waals surface area contributed by atoms with Crippen molar-refractivity contribution in [2.75, 3.05) is 19.7 Å². The number of benzene rings is 1. The lowest BCUT2D eigenvalue weighted by Crippen LogP contribution is -2.67. The van der Waals surface area contributed by atoms with Crippen LogP contribution in [0.25, 0.3) is 0 Å². The van der Waals surface area contributed by atoms with E-state index in [0.29, 0.717) is 19.5 Å². The summed E-state index contributed by atoms with van der Waals surface area (Å²) < 4.78 is 26.3. The van der Waals surface area contributed by atoms with Gasteiger partial charge in [-0.3, -0.25) is 4.79 Å². The summed E-state index contributed by atoms with van der Waals surface area (Å²) in [5, 5.41) is 9.73. The second kappa shape index (κ2) is 4.51. The molecule has 2 atom stereocenters. The number of halogens is 2. The first-order chi connectivity index (χ1) is 10.5. The Hall–Kier alpha value is -1.49. The first-order valence-electron chi connectivity index (χ1n) is 7.77. The highest BCUT2D eigenvalue weighted by molar-refractivity contribution is 5.82. The molecule has 5 rings (SSSR count). The first-order valence-corrected chi connectivity index (χ1v) is 7.77. The Kier molecular flexibility index (Phi) is 2.89. The number of nitrogens with zero attached hydrogens (tertiary/aromatic N) is 1. The lowest BCUT2D eigenvalue weighted by molar-refractivity contribution is -0.156. The Labute approximate surface area is 127 Å². The summed E-state index contributed by atoms with van der Waals surface area (Å²) in [5.41, 5.74) is 0.511. The molecule has 2 saturated carbocycles. The molecule has 0 aromatic heterocycles. The Bertz CT molecular complexity index is 610. The third kappa shape index (κ3) is 1.98. The van der Waals surface area contributed by atoms with Crippen LogP contribution in [0, 0.1) is 17.2 Å². The van der Waals surface area contributed by atoms with Crippen molar-refractivity contribution in [2.45, 2.75) is 30.8 Å². The Morgan fingerprint density at radius 3 is 2.45 bits per heavy atom. The van der Waals surface area contributed by atoms with E-state index in [9.17, 15) is 18.7 Å². The van der Waals surface area contributed by atoms with Gasteiger partial charge in [-0.25, -0.2) is 8.78 Å². The summed E-state index contributed by atoms with van der Waals surface area (Å²) in [6.45, 7) is 1.08. The van der Waals surface area contributed by atoms with Crippen LogP contribution in [-0.2, 0) is 10.2 Å². The lowest BCUT2D eigenvalue weighted by atomic mass is 9.48. The summed E-state index contributed by atoms with van der Waals surface area (Å²) in [6, 6.07) is 6.39. The number of alkyl halides is 1. The fraction of sp³-hybridized carbons (Fsp3) is 0.588. The zero-order valence-corrected chi connectivity index (χ0v) is 12.3. The molecule has 1 aromatic rings. The van der Waals surface area contributed by atoms with Gasteiger partial charge in [-0.15, -0.1) is 0 Å². The van der Waals surface area contributed by atoms with Crippen LogP contribution in [0.5, 0.6) is 0 Å². The second-order valence-electron chi connectivity index (χ2n) is 7.35. The highest BCUT2D eigenvalue weighted by Gasteiger charge is 2.62. The number of hydrogen-bond donors (Lipinski definition) is 1. The Balaban J connectivity index is 1.61. The molecule has 2 heterocycles. The lowest BCUT2D eigenvalue weighted by Gasteiger charge is -2.63. The van der Waals surface area contributed by atoms with E-state index in [2.05, 4.69) is 0 Å². The van der Waals surface area contributed by atoms with Crippen LogP contribution in [0.3, 0.4) is 0 Å². The number of aliphatic hydroxyl groups is 1. The van der Waals surface area contributed by atoms with Gasteiger partial charge in [-0.2, -0.15) is 0 Å². The third-order valence-electron chi connectivity index (χ3n) is 5.58. The van der Waals surface area contributed by atoms with Gasteiger partial charge in [0.25, 0.3) is 0 Å². The zero-order valence-electron chi connectivity index (χ0n) is 12.3. The fourth-order valence-electron chi connectivity index (χ4n) is 4.50. The first kappa shape index (κ1) is 14.1. The normalized spacial score (nSPS) is 39.3. The molecule has 2 bridgehead atoms. The predicted molar refractivity (Wildman–Crippen MR) is 76.4 cm³/mol. The van der Waals surface area contributed by atoms with E-state index in [-0.39, 0.29) is 29.2 Å². The van der Waals surface area contributed by atoms with Gasteiger partial charge in [0.15, 0.2) is 0 Å². The van der Waals surface area contributed by atoms with E-state index in [1.54, 1.807) is 17.0 Å². The molecule has 3 nitrogen and oxygen atoms in total. The van der Waals surface area contributed by atoms with E-state index in [1.165, 1.54) is 12.1 Å². The van der Waals surface area contributed by atoms with Crippen LogP contribution in [0.1, 0.15) is 24.8 Å². The number of hydrogen-bond acceptors (Lipinski definition) is 2. The average molecular weight is 307 g/mol. The van der Waals surface area contributed by atoms with Gasteiger partial charge in [-0.05, 0) is 37.0 Å². The van der Waals surface area contributed by atoms with Gasteiger partial charge in [0, 0.05) is 23.9 Å². The van der Waals surface area contributed by atoms with Gasteiger partial charge < -0.3 is 10.0 Å². The summed E-state index contributed by atoms with van der Waals surface area (Å²) in [6.07, 6.45) is 0.925. The highest BCUT2D eigenvalue weighted by atomic mass is 19.1. The van der Waals surface area contributed by atoms with Crippen LogP contribution in [-0.4, -0.2) is 41.8 Å². The number of piperidine rings is 2. The van der Waals surface area contributed by atoms with Crippen molar-refractivity contribution in [1.82, 2.24) is 4.90 Å². The van der Waals surface area contributed by atoms with Crippen molar-refractivity contribution in [3.05, 3.63) is 35.6 Å². The van der Waals surface area contributed by atoms with Crippen molar-refractivity contribution in [3.8, 4) is 0 Å². The Morgan fingerprint density at radius 1 is 1.27 bits per heavy atom. The Morgan fingerprint density at radius 2 is 1.91 bits per heavy atom. The zero-order chi connectivity index (χ0) is 15.5.